The summed E-state index contributed by atoms with van der Waals surface area (Å²) >= 11 is 1.11. The Balaban J connectivity index is 2.51. The first-order valence-corrected chi connectivity index (χ1v) is 4.49. The number of hydrogen-bond donors (Lipinski definition) is 0. The zero-order valence-corrected chi connectivity index (χ0v) is 7.02. The van der Waals surface area contributed by atoms with Crippen LogP contribution in [0.4, 0.5) is 0 Å². The fraction of sp³-hybridized carbons (Fsp3) is 0.571. The maximum Gasteiger partial charge on any atom is 0.301 e. The Kier molecular flexibility index (Phi) is 2.93. The van der Waals surface area contributed by atoms with Crippen LogP contribution in [0.3, 0.4) is 0 Å². The van der Waals surface area contributed by atoms with Crippen molar-refractivity contribution < 1.29 is 9.59 Å². The van der Waals surface area contributed by atoms with Gasteiger partial charge in [-0.25, -0.2) is 0 Å². The summed E-state index contributed by atoms with van der Waals surface area (Å²) < 4.78 is 0. The van der Waals surface area contributed by atoms with Crippen molar-refractivity contribution in [2.45, 2.75) is 6.42 Å². The van der Waals surface area contributed by atoms with Crippen LogP contribution in [0.25, 0.3) is 0 Å². The van der Waals surface area contributed by atoms with E-state index in [4.69, 9.17) is 0 Å². The average molecular weight is 172 g/mol. The molecule has 0 atom stereocenters. The molecule has 0 aliphatic carbocycles. The molecule has 11 heavy (non-hydrogen) atoms. The van der Waals surface area contributed by atoms with Gasteiger partial charge in [0.25, 0.3) is 5.12 Å². The van der Waals surface area contributed by atoms with E-state index in [0.29, 0.717) is 19.5 Å². The molecule has 0 N–H and O–H groups in total. The molecule has 1 saturated heterocycles. The number of amides is 1. The molecular weight excluding hydrogens is 162 g/mol. The Morgan fingerprint density at radius 1 is 1.55 bits per heavy atom. The predicted octanol–water partition coefficient (Wildman–Crippen LogP) is 0.313. The van der Waals surface area contributed by atoms with E-state index in [1.54, 1.807) is 4.90 Å². The van der Waals surface area contributed by atoms with Gasteiger partial charge in [-0.3, -0.25) is 9.59 Å². The van der Waals surface area contributed by atoms with Crippen molar-refractivity contribution in [3.05, 3.63) is 6.92 Å². The van der Waals surface area contributed by atoms with Crippen LogP contribution in [0.5, 0.6) is 0 Å². The van der Waals surface area contributed by atoms with Crippen LogP contribution >= 0.6 is 11.8 Å². The van der Waals surface area contributed by atoms with Crippen LogP contribution in [0.2, 0.25) is 0 Å². The number of carbonyl (C=O) groups is 2. The van der Waals surface area contributed by atoms with Crippen LogP contribution < -0.4 is 0 Å². The molecule has 1 heterocycles. The third-order valence-corrected chi connectivity index (χ3v) is 2.31. The fourth-order valence-electron chi connectivity index (χ4n) is 0.945. The van der Waals surface area contributed by atoms with Gasteiger partial charge in [-0.15, -0.1) is 0 Å². The van der Waals surface area contributed by atoms with Gasteiger partial charge >= 0.3 is 5.91 Å². The van der Waals surface area contributed by atoms with Crippen LogP contribution in [0.15, 0.2) is 0 Å². The summed E-state index contributed by atoms with van der Waals surface area (Å²) in [6.45, 7) is 4.91. The van der Waals surface area contributed by atoms with Gasteiger partial charge in [0.2, 0.25) is 0 Å². The summed E-state index contributed by atoms with van der Waals surface area (Å²) in [7, 11) is 0. The SMILES string of the molecule is [CH2]CCN1CCSC(=O)C1=O. The van der Waals surface area contributed by atoms with Crippen molar-refractivity contribution in [2.75, 3.05) is 18.8 Å². The number of hydrogen-bond acceptors (Lipinski definition) is 3. The molecule has 1 aliphatic heterocycles. The minimum atomic E-state index is -0.357. The minimum Gasteiger partial charge on any atom is -0.334 e. The summed E-state index contributed by atoms with van der Waals surface area (Å²) in [5.74, 6) is 0.370. The Hall–Kier alpha value is -0.510. The van der Waals surface area contributed by atoms with E-state index in [1.807, 2.05) is 0 Å². The monoisotopic (exact) mass is 172 g/mol. The summed E-state index contributed by atoms with van der Waals surface area (Å²) in [6, 6.07) is 0. The summed E-state index contributed by atoms with van der Waals surface area (Å²) in [5.41, 5.74) is 0. The Morgan fingerprint density at radius 3 is 2.91 bits per heavy atom. The zero-order valence-electron chi connectivity index (χ0n) is 6.21. The summed E-state index contributed by atoms with van der Waals surface area (Å²) in [4.78, 5) is 23.4. The van der Waals surface area contributed by atoms with Crippen molar-refractivity contribution in [1.82, 2.24) is 4.90 Å². The van der Waals surface area contributed by atoms with Gasteiger partial charge in [-0.2, -0.15) is 0 Å². The third kappa shape index (κ3) is 1.96. The van der Waals surface area contributed by atoms with E-state index in [0.717, 1.165) is 17.5 Å². The topological polar surface area (TPSA) is 37.4 Å². The van der Waals surface area contributed by atoms with Gasteiger partial charge in [0.15, 0.2) is 0 Å². The molecule has 3 nitrogen and oxygen atoms in total. The zero-order chi connectivity index (χ0) is 8.27. The molecule has 0 aromatic heterocycles. The lowest BCUT2D eigenvalue weighted by Gasteiger charge is -2.24. The molecule has 1 fully saturated rings. The molecule has 1 aliphatic rings. The van der Waals surface area contributed by atoms with E-state index in [-0.39, 0.29) is 11.0 Å². The molecule has 0 bridgehead atoms. The lowest BCUT2D eigenvalue weighted by Crippen LogP contribution is -2.41. The first-order valence-electron chi connectivity index (χ1n) is 3.51. The summed E-state index contributed by atoms with van der Waals surface area (Å²) in [6.07, 6.45) is 0.670. The molecule has 0 saturated carbocycles. The maximum atomic E-state index is 11.0. The molecule has 1 amide bonds. The van der Waals surface area contributed by atoms with E-state index in [1.165, 1.54) is 0 Å². The lowest BCUT2D eigenvalue weighted by molar-refractivity contribution is -0.140. The fourth-order valence-corrected chi connectivity index (χ4v) is 1.69. The largest absolute Gasteiger partial charge is 0.334 e. The van der Waals surface area contributed by atoms with Crippen LogP contribution in [-0.4, -0.2) is 34.8 Å². The van der Waals surface area contributed by atoms with Crippen molar-refractivity contribution in [3.8, 4) is 0 Å². The molecule has 0 aromatic rings. The van der Waals surface area contributed by atoms with E-state index >= 15 is 0 Å². The highest BCUT2D eigenvalue weighted by atomic mass is 32.2. The van der Waals surface area contributed by atoms with Crippen molar-refractivity contribution in [2.24, 2.45) is 0 Å². The molecule has 0 unspecified atom stereocenters. The smallest absolute Gasteiger partial charge is 0.301 e. The average Bonchev–Trinajstić information content (AvgIpc) is 1.99. The van der Waals surface area contributed by atoms with Gasteiger partial charge in [0.05, 0.1) is 0 Å². The Labute approximate surface area is 70.1 Å². The van der Waals surface area contributed by atoms with Crippen molar-refractivity contribution in [3.63, 3.8) is 0 Å². The Morgan fingerprint density at radius 2 is 2.27 bits per heavy atom. The summed E-state index contributed by atoms with van der Waals surface area (Å²) in [5, 5.41) is -0.329. The molecule has 61 valence electrons. The third-order valence-electron chi connectivity index (χ3n) is 1.48. The van der Waals surface area contributed by atoms with E-state index in [2.05, 4.69) is 6.92 Å². The van der Waals surface area contributed by atoms with Crippen molar-refractivity contribution in [1.29, 1.82) is 0 Å². The number of rotatable bonds is 2. The van der Waals surface area contributed by atoms with Crippen LogP contribution in [0, 0.1) is 6.92 Å². The molecule has 0 aromatic carbocycles. The van der Waals surface area contributed by atoms with E-state index in [9.17, 15) is 9.59 Å². The predicted molar refractivity (Wildman–Crippen MR) is 44.0 cm³/mol. The second kappa shape index (κ2) is 3.76. The van der Waals surface area contributed by atoms with Gasteiger partial charge < -0.3 is 4.90 Å². The van der Waals surface area contributed by atoms with E-state index < -0.39 is 0 Å². The quantitative estimate of drug-likeness (QED) is 0.563. The number of thioether (sulfide) groups is 1. The second-order valence-electron chi connectivity index (χ2n) is 2.28. The standard InChI is InChI=1S/C7H10NO2S/c1-2-3-8-4-5-11-7(10)6(8)9/h1-5H2. The lowest BCUT2D eigenvalue weighted by atomic mass is 10.4. The molecule has 0 spiro atoms. The molecule has 4 heteroatoms. The van der Waals surface area contributed by atoms with Gasteiger partial charge in [-0.1, -0.05) is 18.7 Å². The van der Waals surface area contributed by atoms with Crippen molar-refractivity contribution >= 4 is 22.8 Å². The van der Waals surface area contributed by atoms with Gasteiger partial charge in [0, 0.05) is 18.8 Å². The highest BCUT2D eigenvalue weighted by molar-refractivity contribution is 8.15. The minimum absolute atomic E-state index is 0.329. The highest BCUT2D eigenvalue weighted by Crippen LogP contribution is 2.12. The maximum absolute atomic E-state index is 11.0. The number of nitrogens with zero attached hydrogens (tertiary/aromatic N) is 1. The number of carbonyl (C=O) groups excluding carboxylic acids is 2. The van der Waals surface area contributed by atoms with Crippen LogP contribution in [0.1, 0.15) is 6.42 Å². The first kappa shape index (κ1) is 8.59. The highest BCUT2D eigenvalue weighted by Gasteiger charge is 2.25. The molecular formula is C7H10NO2S. The van der Waals surface area contributed by atoms with Gasteiger partial charge in [0.1, 0.15) is 0 Å². The Bertz CT molecular complexity index is 179. The van der Waals surface area contributed by atoms with Gasteiger partial charge in [-0.05, 0) is 6.42 Å². The molecule has 1 rings (SSSR count). The first-order chi connectivity index (χ1) is 5.25. The normalized spacial score (nSPS) is 19.2. The molecule has 1 radical (unpaired) electrons. The van der Waals surface area contributed by atoms with Crippen LogP contribution in [-0.2, 0) is 9.59 Å². The second-order valence-corrected chi connectivity index (χ2v) is 3.35.